The number of rotatable bonds is 8. The van der Waals surface area contributed by atoms with Crippen LogP contribution in [0.5, 0.6) is 0 Å². The van der Waals surface area contributed by atoms with Crippen LogP contribution in [-0.2, 0) is 24.2 Å². The Hall–Kier alpha value is -2.60. The monoisotopic (exact) mass is 367 g/mol. The van der Waals surface area contributed by atoms with Crippen LogP contribution >= 0.6 is 11.8 Å². The molecule has 5 nitrogen and oxygen atoms in total. The Labute approximate surface area is 157 Å². The average Bonchev–Trinajstić information content (AvgIpc) is 3.01. The van der Waals surface area contributed by atoms with Gasteiger partial charge in [0.05, 0.1) is 12.3 Å². The Morgan fingerprint density at radius 3 is 2.54 bits per heavy atom. The van der Waals surface area contributed by atoms with Crippen LogP contribution in [0.3, 0.4) is 0 Å². The van der Waals surface area contributed by atoms with Gasteiger partial charge in [-0.15, -0.1) is 10.2 Å². The van der Waals surface area contributed by atoms with E-state index >= 15 is 0 Å². The number of carbonyl (C=O) groups is 1. The second-order valence-electron chi connectivity index (χ2n) is 6.14. The highest BCUT2D eigenvalue weighted by Gasteiger charge is 2.14. The molecule has 1 aromatic heterocycles. The molecule has 0 atom stereocenters. The summed E-state index contributed by atoms with van der Waals surface area (Å²) < 4.78 is 2.03. The molecule has 1 N–H and O–H groups in total. The predicted molar refractivity (Wildman–Crippen MR) is 103 cm³/mol. The van der Waals surface area contributed by atoms with Crippen molar-refractivity contribution in [2.24, 2.45) is 0 Å². The van der Waals surface area contributed by atoms with E-state index in [2.05, 4.69) is 53.5 Å². The molecule has 0 saturated carbocycles. The minimum absolute atomic E-state index is 0.0230. The van der Waals surface area contributed by atoms with Gasteiger partial charge in [-0.3, -0.25) is 4.79 Å². The molecule has 1 heterocycles. The van der Waals surface area contributed by atoms with Crippen LogP contribution < -0.4 is 0 Å². The van der Waals surface area contributed by atoms with E-state index in [9.17, 15) is 4.79 Å². The molecule has 3 rings (SSSR count). The van der Waals surface area contributed by atoms with E-state index in [4.69, 9.17) is 5.11 Å². The quantitative estimate of drug-likeness (QED) is 0.616. The number of hydrogen-bond donors (Lipinski definition) is 1. The van der Waals surface area contributed by atoms with Gasteiger partial charge in [-0.2, -0.15) is 0 Å². The van der Waals surface area contributed by atoms with Crippen molar-refractivity contribution < 1.29 is 9.90 Å². The highest BCUT2D eigenvalue weighted by Crippen LogP contribution is 2.20. The van der Waals surface area contributed by atoms with E-state index < -0.39 is 5.97 Å². The standard InChI is InChI=1S/C20H21N3O2S/c1-15-6-5-9-16(12-15)10-11-18-21-22-20(26-14-19(24)25)23(18)13-17-7-3-2-4-8-17/h2-9,12H,10-11,13-14H2,1H3,(H,24,25). The van der Waals surface area contributed by atoms with E-state index in [1.54, 1.807) is 0 Å². The van der Waals surface area contributed by atoms with Crippen molar-refractivity contribution in [2.45, 2.75) is 31.5 Å². The first kappa shape index (κ1) is 18.2. The van der Waals surface area contributed by atoms with Gasteiger partial charge in [-0.05, 0) is 24.5 Å². The van der Waals surface area contributed by atoms with Crippen molar-refractivity contribution in [3.63, 3.8) is 0 Å². The van der Waals surface area contributed by atoms with Crippen LogP contribution in [0.4, 0.5) is 0 Å². The van der Waals surface area contributed by atoms with E-state index in [1.165, 1.54) is 22.9 Å². The molecule has 134 valence electrons. The van der Waals surface area contributed by atoms with Crippen molar-refractivity contribution in [3.05, 3.63) is 77.1 Å². The van der Waals surface area contributed by atoms with E-state index in [-0.39, 0.29) is 5.75 Å². The van der Waals surface area contributed by atoms with E-state index in [0.717, 1.165) is 24.2 Å². The number of aryl methyl sites for hydroxylation is 3. The summed E-state index contributed by atoms with van der Waals surface area (Å²) in [6.07, 6.45) is 1.63. The van der Waals surface area contributed by atoms with Crippen molar-refractivity contribution in [2.75, 3.05) is 5.75 Å². The number of aliphatic carboxylic acids is 1. The summed E-state index contributed by atoms with van der Waals surface area (Å²) in [6.45, 7) is 2.72. The topological polar surface area (TPSA) is 68.0 Å². The van der Waals surface area contributed by atoms with Gasteiger partial charge in [0.2, 0.25) is 0 Å². The van der Waals surface area contributed by atoms with Gasteiger partial charge in [-0.25, -0.2) is 0 Å². The minimum atomic E-state index is -0.856. The molecule has 0 radical (unpaired) electrons. The van der Waals surface area contributed by atoms with Crippen molar-refractivity contribution in [3.8, 4) is 0 Å². The Kier molecular flexibility index (Phi) is 6.07. The predicted octanol–water partition coefficient (Wildman–Crippen LogP) is 3.60. The molecule has 0 saturated heterocycles. The normalized spacial score (nSPS) is 10.8. The van der Waals surface area contributed by atoms with Crippen molar-refractivity contribution in [1.29, 1.82) is 0 Å². The summed E-state index contributed by atoms with van der Waals surface area (Å²) in [5, 5.41) is 18.2. The summed E-state index contributed by atoms with van der Waals surface area (Å²) in [4.78, 5) is 10.9. The third-order valence-electron chi connectivity index (χ3n) is 4.02. The molecule has 0 amide bonds. The zero-order valence-electron chi connectivity index (χ0n) is 14.6. The number of aromatic nitrogens is 3. The van der Waals surface area contributed by atoms with E-state index in [1.807, 2.05) is 22.8 Å². The maximum Gasteiger partial charge on any atom is 0.313 e. The molecule has 6 heteroatoms. The fourth-order valence-electron chi connectivity index (χ4n) is 2.79. The zero-order valence-corrected chi connectivity index (χ0v) is 15.4. The van der Waals surface area contributed by atoms with Crippen molar-refractivity contribution in [1.82, 2.24) is 14.8 Å². The lowest BCUT2D eigenvalue weighted by atomic mass is 10.1. The van der Waals surface area contributed by atoms with Gasteiger partial charge in [0.25, 0.3) is 0 Å². The van der Waals surface area contributed by atoms with Crippen LogP contribution in [0.2, 0.25) is 0 Å². The summed E-state index contributed by atoms with van der Waals surface area (Å²) in [7, 11) is 0. The maximum absolute atomic E-state index is 10.9. The third kappa shape index (κ3) is 4.95. The number of benzene rings is 2. The lowest BCUT2D eigenvalue weighted by molar-refractivity contribution is -0.133. The summed E-state index contributed by atoms with van der Waals surface area (Å²) in [5.74, 6) is -0.000958. The number of hydrogen-bond acceptors (Lipinski definition) is 4. The van der Waals surface area contributed by atoms with Gasteiger partial charge in [0.15, 0.2) is 5.16 Å². The highest BCUT2D eigenvalue weighted by atomic mass is 32.2. The van der Waals surface area contributed by atoms with Gasteiger partial charge in [0.1, 0.15) is 5.82 Å². The summed E-state index contributed by atoms with van der Waals surface area (Å²) in [5.41, 5.74) is 3.64. The Morgan fingerprint density at radius 1 is 1.04 bits per heavy atom. The molecule has 0 bridgehead atoms. The van der Waals surface area contributed by atoms with Gasteiger partial charge < -0.3 is 9.67 Å². The number of carboxylic acid groups (broad SMARTS) is 1. The van der Waals surface area contributed by atoms with Gasteiger partial charge in [-0.1, -0.05) is 71.9 Å². The lowest BCUT2D eigenvalue weighted by Gasteiger charge is -2.10. The summed E-state index contributed by atoms with van der Waals surface area (Å²) in [6, 6.07) is 18.5. The molecule has 3 aromatic rings. The van der Waals surface area contributed by atoms with Gasteiger partial charge in [0, 0.05) is 6.42 Å². The SMILES string of the molecule is Cc1cccc(CCc2nnc(SCC(=O)O)n2Cc2ccccc2)c1. The number of carboxylic acids is 1. The third-order valence-corrected chi connectivity index (χ3v) is 4.97. The second kappa shape index (κ2) is 8.67. The first-order valence-electron chi connectivity index (χ1n) is 8.48. The molecule has 0 aliphatic heterocycles. The van der Waals surface area contributed by atoms with Crippen LogP contribution in [0.25, 0.3) is 0 Å². The molecule has 0 unspecified atom stereocenters. The summed E-state index contributed by atoms with van der Waals surface area (Å²) >= 11 is 1.21. The smallest absolute Gasteiger partial charge is 0.313 e. The molecular formula is C20H21N3O2S. The minimum Gasteiger partial charge on any atom is -0.481 e. The van der Waals surface area contributed by atoms with Crippen molar-refractivity contribution >= 4 is 17.7 Å². The number of thioether (sulfide) groups is 1. The fourth-order valence-corrected chi connectivity index (χ4v) is 3.46. The molecule has 26 heavy (non-hydrogen) atoms. The Balaban J connectivity index is 1.80. The molecular weight excluding hydrogens is 346 g/mol. The van der Waals surface area contributed by atoms with Crippen LogP contribution in [0.15, 0.2) is 59.8 Å². The first-order valence-corrected chi connectivity index (χ1v) is 9.46. The maximum atomic E-state index is 10.9. The lowest BCUT2D eigenvalue weighted by Crippen LogP contribution is -2.09. The molecule has 0 aliphatic carbocycles. The first-order chi connectivity index (χ1) is 12.6. The van der Waals surface area contributed by atoms with Gasteiger partial charge >= 0.3 is 5.97 Å². The molecule has 2 aromatic carbocycles. The second-order valence-corrected chi connectivity index (χ2v) is 7.08. The highest BCUT2D eigenvalue weighted by molar-refractivity contribution is 7.99. The van der Waals surface area contributed by atoms with Crippen LogP contribution in [0, 0.1) is 6.92 Å². The van der Waals surface area contributed by atoms with Crippen LogP contribution in [0.1, 0.15) is 22.5 Å². The Morgan fingerprint density at radius 2 is 1.81 bits per heavy atom. The number of nitrogens with zero attached hydrogens (tertiary/aromatic N) is 3. The van der Waals surface area contributed by atoms with E-state index in [0.29, 0.717) is 11.7 Å². The largest absolute Gasteiger partial charge is 0.481 e. The molecule has 0 spiro atoms. The zero-order chi connectivity index (χ0) is 18.4. The van der Waals surface area contributed by atoms with Crippen LogP contribution in [-0.4, -0.2) is 31.6 Å². The average molecular weight is 367 g/mol. The molecule has 0 aliphatic rings. The molecule has 0 fully saturated rings. The fraction of sp³-hybridized carbons (Fsp3) is 0.250. The Bertz CT molecular complexity index is 878.